The summed E-state index contributed by atoms with van der Waals surface area (Å²) in [5.41, 5.74) is 1.74. The van der Waals surface area contributed by atoms with E-state index in [9.17, 15) is 5.11 Å². The van der Waals surface area contributed by atoms with E-state index in [2.05, 4.69) is 10.2 Å². The molecule has 6 heteroatoms. The van der Waals surface area contributed by atoms with Crippen LogP contribution in [0.3, 0.4) is 0 Å². The Bertz CT molecular complexity index is 855. The average molecular weight is 320 g/mol. The van der Waals surface area contributed by atoms with Gasteiger partial charge in [-0.15, -0.1) is 10.2 Å². The molecule has 0 atom stereocenters. The van der Waals surface area contributed by atoms with Crippen molar-refractivity contribution in [1.29, 1.82) is 0 Å². The van der Waals surface area contributed by atoms with Gasteiger partial charge in [0.15, 0.2) is 5.69 Å². The Labute approximate surface area is 131 Å². The SMILES string of the molecule is Cn1c(O)c(N=Nc2cc(Cl)ccc2Cl)c2ccccc21. The summed E-state index contributed by atoms with van der Waals surface area (Å²) in [7, 11) is 1.77. The standard InChI is InChI=1S/C15H11Cl2N3O/c1-20-13-5-3-2-4-10(13)14(15(20)21)19-18-12-8-9(16)6-7-11(12)17/h2-8,21H,1H3. The number of aryl methyl sites for hydroxylation is 1. The molecule has 0 amide bonds. The highest BCUT2D eigenvalue weighted by Crippen LogP contribution is 2.39. The van der Waals surface area contributed by atoms with Gasteiger partial charge in [0.05, 0.1) is 10.5 Å². The zero-order valence-corrected chi connectivity index (χ0v) is 12.6. The van der Waals surface area contributed by atoms with E-state index in [1.165, 1.54) is 0 Å². The lowest BCUT2D eigenvalue weighted by molar-refractivity contribution is 0.436. The predicted octanol–water partition coefficient (Wildman–Crippen LogP) is 5.61. The van der Waals surface area contributed by atoms with Crippen LogP contribution in [-0.2, 0) is 7.05 Å². The Morgan fingerprint density at radius 1 is 1.05 bits per heavy atom. The first-order valence-electron chi connectivity index (χ1n) is 6.21. The molecule has 0 fully saturated rings. The topological polar surface area (TPSA) is 49.9 Å². The summed E-state index contributed by atoms with van der Waals surface area (Å²) in [4.78, 5) is 0. The predicted molar refractivity (Wildman–Crippen MR) is 85.2 cm³/mol. The number of hydrogen-bond donors (Lipinski definition) is 1. The van der Waals surface area contributed by atoms with E-state index in [0.29, 0.717) is 21.4 Å². The third-order valence-electron chi connectivity index (χ3n) is 3.22. The Balaban J connectivity index is 2.12. The maximum atomic E-state index is 10.2. The van der Waals surface area contributed by atoms with Crippen LogP contribution in [0.2, 0.25) is 10.0 Å². The van der Waals surface area contributed by atoms with Crippen LogP contribution in [0.15, 0.2) is 52.7 Å². The van der Waals surface area contributed by atoms with Crippen LogP contribution in [0.25, 0.3) is 10.9 Å². The summed E-state index contributed by atoms with van der Waals surface area (Å²) >= 11 is 12.0. The van der Waals surface area contributed by atoms with Gasteiger partial charge in [0.1, 0.15) is 5.69 Å². The molecule has 4 nitrogen and oxygen atoms in total. The van der Waals surface area contributed by atoms with Gasteiger partial charge in [-0.05, 0) is 24.3 Å². The van der Waals surface area contributed by atoms with Crippen LogP contribution in [0, 0.1) is 0 Å². The van der Waals surface area contributed by atoms with Crippen molar-refractivity contribution < 1.29 is 5.11 Å². The quantitative estimate of drug-likeness (QED) is 0.613. The van der Waals surface area contributed by atoms with Gasteiger partial charge in [0, 0.05) is 17.5 Å². The molecule has 0 saturated carbocycles. The first-order chi connectivity index (χ1) is 10.1. The highest BCUT2D eigenvalue weighted by Gasteiger charge is 2.13. The number of halogens is 2. The van der Waals surface area contributed by atoms with Crippen LogP contribution >= 0.6 is 23.2 Å². The molecule has 0 bridgehead atoms. The number of fused-ring (bicyclic) bond motifs is 1. The van der Waals surface area contributed by atoms with Gasteiger partial charge in [-0.2, -0.15) is 0 Å². The second kappa shape index (κ2) is 5.39. The van der Waals surface area contributed by atoms with Crippen molar-refractivity contribution in [2.24, 2.45) is 17.3 Å². The number of hydrogen-bond acceptors (Lipinski definition) is 3. The molecule has 0 unspecified atom stereocenters. The van der Waals surface area contributed by atoms with Gasteiger partial charge in [-0.25, -0.2) is 0 Å². The van der Waals surface area contributed by atoms with E-state index in [-0.39, 0.29) is 5.88 Å². The molecule has 106 valence electrons. The van der Waals surface area contributed by atoms with Crippen LogP contribution in [0.5, 0.6) is 5.88 Å². The first-order valence-corrected chi connectivity index (χ1v) is 6.96. The maximum Gasteiger partial charge on any atom is 0.220 e. The lowest BCUT2D eigenvalue weighted by atomic mass is 10.2. The molecule has 0 saturated heterocycles. The third-order valence-corrected chi connectivity index (χ3v) is 3.77. The minimum Gasteiger partial charge on any atom is -0.493 e. The molecule has 0 aliphatic carbocycles. The fourth-order valence-electron chi connectivity index (χ4n) is 2.12. The lowest BCUT2D eigenvalue weighted by Gasteiger charge is -1.98. The Morgan fingerprint density at radius 3 is 2.62 bits per heavy atom. The average Bonchev–Trinajstić information content (AvgIpc) is 2.73. The van der Waals surface area contributed by atoms with E-state index < -0.39 is 0 Å². The normalized spacial score (nSPS) is 11.6. The van der Waals surface area contributed by atoms with Crippen LogP contribution in [-0.4, -0.2) is 9.67 Å². The molecule has 0 aliphatic heterocycles. The van der Waals surface area contributed by atoms with Crippen LogP contribution < -0.4 is 0 Å². The first kappa shape index (κ1) is 13.9. The van der Waals surface area contributed by atoms with Crippen LogP contribution in [0.1, 0.15) is 0 Å². The van der Waals surface area contributed by atoms with E-state index in [0.717, 1.165) is 10.9 Å². The minimum absolute atomic E-state index is 0.0538. The number of nitrogens with zero attached hydrogens (tertiary/aromatic N) is 3. The van der Waals surface area contributed by atoms with Crippen molar-refractivity contribution in [3.05, 3.63) is 52.5 Å². The molecular weight excluding hydrogens is 309 g/mol. The smallest absolute Gasteiger partial charge is 0.220 e. The van der Waals surface area contributed by atoms with Gasteiger partial charge in [-0.3, -0.25) is 0 Å². The molecule has 0 aliphatic rings. The highest BCUT2D eigenvalue weighted by atomic mass is 35.5. The molecule has 3 aromatic rings. The summed E-state index contributed by atoms with van der Waals surface area (Å²) in [6, 6.07) is 12.5. The minimum atomic E-state index is 0.0538. The Kier molecular flexibility index (Phi) is 3.57. The molecule has 1 heterocycles. The summed E-state index contributed by atoms with van der Waals surface area (Å²) in [6.07, 6.45) is 0. The Morgan fingerprint density at radius 2 is 1.81 bits per heavy atom. The number of para-hydroxylation sites is 1. The second-order valence-corrected chi connectivity index (χ2v) is 5.39. The van der Waals surface area contributed by atoms with Crippen molar-refractivity contribution in [2.45, 2.75) is 0 Å². The van der Waals surface area contributed by atoms with Gasteiger partial charge >= 0.3 is 0 Å². The molecule has 1 N–H and O–H groups in total. The second-order valence-electron chi connectivity index (χ2n) is 4.54. The largest absolute Gasteiger partial charge is 0.493 e. The number of rotatable bonds is 2. The molecule has 2 aromatic carbocycles. The molecule has 0 spiro atoms. The Hall–Kier alpha value is -2.04. The van der Waals surface area contributed by atoms with E-state index in [1.54, 1.807) is 29.8 Å². The third kappa shape index (κ3) is 2.48. The molecule has 1 aromatic heterocycles. The van der Waals surface area contributed by atoms with Gasteiger partial charge < -0.3 is 9.67 Å². The summed E-state index contributed by atoms with van der Waals surface area (Å²) in [5, 5.41) is 20.2. The molecule has 21 heavy (non-hydrogen) atoms. The maximum absolute atomic E-state index is 10.2. The number of azo groups is 1. The summed E-state index contributed by atoms with van der Waals surface area (Å²) < 4.78 is 1.66. The van der Waals surface area contributed by atoms with Crippen molar-refractivity contribution in [3.63, 3.8) is 0 Å². The van der Waals surface area contributed by atoms with Gasteiger partial charge in [-0.1, -0.05) is 41.4 Å². The highest BCUT2D eigenvalue weighted by molar-refractivity contribution is 6.35. The van der Waals surface area contributed by atoms with Crippen molar-refractivity contribution in [3.8, 4) is 5.88 Å². The van der Waals surface area contributed by atoms with Crippen molar-refractivity contribution in [2.75, 3.05) is 0 Å². The fraction of sp³-hybridized carbons (Fsp3) is 0.0667. The van der Waals surface area contributed by atoms with Crippen molar-refractivity contribution in [1.82, 2.24) is 4.57 Å². The van der Waals surface area contributed by atoms with E-state index in [1.807, 2.05) is 24.3 Å². The number of benzene rings is 2. The summed E-state index contributed by atoms with van der Waals surface area (Å²) in [6.45, 7) is 0. The zero-order chi connectivity index (χ0) is 15.0. The van der Waals surface area contributed by atoms with Gasteiger partial charge in [0.2, 0.25) is 5.88 Å². The van der Waals surface area contributed by atoms with Crippen LogP contribution in [0.4, 0.5) is 11.4 Å². The summed E-state index contributed by atoms with van der Waals surface area (Å²) in [5.74, 6) is 0.0538. The van der Waals surface area contributed by atoms with Gasteiger partial charge in [0.25, 0.3) is 0 Å². The lowest BCUT2D eigenvalue weighted by Crippen LogP contribution is -1.84. The van der Waals surface area contributed by atoms with Crippen molar-refractivity contribution >= 4 is 45.5 Å². The fourth-order valence-corrected chi connectivity index (χ4v) is 2.45. The molecular formula is C15H11Cl2N3O. The number of aromatic nitrogens is 1. The zero-order valence-electron chi connectivity index (χ0n) is 11.1. The molecule has 3 rings (SSSR count). The monoisotopic (exact) mass is 319 g/mol. The van der Waals surface area contributed by atoms with E-state index in [4.69, 9.17) is 23.2 Å². The van der Waals surface area contributed by atoms with E-state index >= 15 is 0 Å². The molecule has 0 radical (unpaired) electrons. The number of aromatic hydroxyl groups is 1.